The molecule has 120 valence electrons. The molecule has 0 heterocycles. The second-order valence-corrected chi connectivity index (χ2v) is 7.02. The maximum absolute atomic E-state index is 12.3. The van der Waals surface area contributed by atoms with E-state index in [1.54, 1.807) is 31.7 Å². The summed E-state index contributed by atoms with van der Waals surface area (Å²) in [6.07, 6.45) is 2.10. The summed E-state index contributed by atoms with van der Waals surface area (Å²) in [5.41, 5.74) is 0.827. The van der Waals surface area contributed by atoms with Crippen LogP contribution in [0.25, 0.3) is 0 Å². The Morgan fingerprint density at radius 3 is 2.50 bits per heavy atom. The summed E-state index contributed by atoms with van der Waals surface area (Å²) in [7, 11) is 0. The van der Waals surface area contributed by atoms with Crippen molar-refractivity contribution in [3.63, 3.8) is 0 Å². The van der Waals surface area contributed by atoms with Gasteiger partial charge in [0.15, 0.2) is 0 Å². The van der Waals surface area contributed by atoms with Gasteiger partial charge in [0.2, 0.25) is 0 Å². The Balaban J connectivity index is 2.77. The van der Waals surface area contributed by atoms with E-state index < -0.39 is 11.4 Å². The Morgan fingerprint density at radius 2 is 1.91 bits per heavy atom. The van der Waals surface area contributed by atoms with Gasteiger partial charge in [-0.2, -0.15) is 0 Å². The van der Waals surface area contributed by atoms with Gasteiger partial charge in [-0.1, -0.05) is 23.8 Å². The molecule has 0 saturated heterocycles. The lowest BCUT2D eigenvalue weighted by Gasteiger charge is -2.20. The summed E-state index contributed by atoms with van der Waals surface area (Å²) in [6, 6.07) is 7.36. The first kappa shape index (κ1) is 18.3. The second-order valence-electron chi connectivity index (χ2n) is 5.96. The van der Waals surface area contributed by atoms with Crippen molar-refractivity contribution in [2.24, 2.45) is 5.41 Å². The molecule has 5 heteroatoms. The number of thioether (sulfide) groups is 1. The average molecular weight is 321 g/mol. The van der Waals surface area contributed by atoms with Gasteiger partial charge in [0.1, 0.15) is 0 Å². The number of carbonyl (C=O) groups is 2. The highest BCUT2D eigenvalue weighted by atomic mass is 32.2. The van der Waals surface area contributed by atoms with Gasteiger partial charge in [-0.25, -0.2) is 0 Å². The topological polar surface area (TPSA) is 66.4 Å². The van der Waals surface area contributed by atoms with Gasteiger partial charge in [0.05, 0.1) is 11.0 Å². The fourth-order valence-corrected chi connectivity index (χ4v) is 2.64. The highest BCUT2D eigenvalue weighted by Crippen LogP contribution is 2.23. The lowest BCUT2D eigenvalue weighted by Crippen LogP contribution is -2.39. The first-order valence-electron chi connectivity index (χ1n) is 7.11. The third-order valence-electron chi connectivity index (χ3n) is 3.13. The van der Waals surface area contributed by atoms with E-state index in [4.69, 9.17) is 5.11 Å². The number of carboxylic acids is 1. The summed E-state index contributed by atoms with van der Waals surface area (Å²) in [4.78, 5) is 24.3. The van der Waals surface area contributed by atoms with E-state index in [-0.39, 0.29) is 12.5 Å². The molecular formula is C17H23NO3S. The minimum Gasteiger partial charge on any atom is -0.481 e. The van der Waals surface area contributed by atoms with Crippen molar-refractivity contribution < 1.29 is 14.7 Å². The molecule has 1 aromatic carbocycles. The third kappa shape index (κ3) is 5.56. The van der Waals surface area contributed by atoms with Crippen LogP contribution in [0.5, 0.6) is 0 Å². The Kier molecular flexibility index (Phi) is 6.68. The number of amides is 1. The van der Waals surface area contributed by atoms with Crippen LogP contribution in [0, 0.1) is 5.41 Å². The zero-order valence-corrected chi connectivity index (χ0v) is 14.3. The number of benzene rings is 1. The van der Waals surface area contributed by atoms with E-state index in [0.717, 1.165) is 10.6 Å². The molecule has 0 spiro atoms. The number of aliphatic carboxylic acids is 1. The summed E-state index contributed by atoms with van der Waals surface area (Å²) < 4.78 is 0. The van der Waals surface area contributed by atoms with Crippen LogP contribution in [0.15, 0.2) is 40.8 Å². The Labute approximate surface area is 136 Å². The van der Waals surface area contributed by atoms with Crippen molar-refractivity contribution in [2.75, 3.05) is 12.3 Å². The first-order chi connectivity index (χ1) is 10.2. The molecule has 1 amide bonds. The highest BCUT2D eigenvalue weighted by Gasteiger charge is 2.27. The molecule has 0 aromatic heterocycles. The molecule has 0 unspecified atom stereocenters. The predicted octanol–water partition coefficient (Wildman–Crippen LogP) is 3.59. The summed E-state index contributed by atoms with van der Waals surface area (Å²) >= 11 is 1.59. The third-order valence-corrected chi connectivity index (χ3v) is 4.13. The SMILES string of the molecule is CC(C)=CCSc1ccccc1C(=O)NCC(C)(C)C(=O)O. The molecule has 0 bridgehead atoms. The van der Waals surface area contributed by atoms with Crippen LogP contribution in [0.4, 0.5) is 0 Å². The lowest BCUT2D eigenvalue weighted by molar-refractivity contribution is -0.146. The fourth-order valence-electron chi connectivity index (χ4n) is 1.55. The van der Waals surface area contributed by atoms with Crippen molar-refractivity contribution in [3.05, 3.63) is 41.5 Å². The van der Waals surface area contributed by atoms with Crippen molar-refractivity contribution in [3.8, 4) is 0 Å². The van der Waals surface area contributed by atoms with Crippen LogP contribution < -0.4 is 5.32 Å². The molecule has 22 heavy (non-hydrogen) atoms. The first-order valence-corrected chi connectivity index (χ1v) is 8.09. The van der Waals surface area contributed by atoms with Crippen LogP contribution in [0.3, 0.4) is 0 Å². The number of allylic oxidation sites excluding steroid dienone is 1. The molecule has 0 aliphatic carbocycles. The molecule has 0 radical (unpaired) electrons. The van der Waals surface area contributed by atoms with E-state index >= 15 is 0 Å². The molecule has 0 aliphatic rings. The van der Waals surface area contributed by atoms with Gasteiger partial charge in [0.25, 0.3) is 5.91 Å². The van der Waals surface area contributed by atoms with Crippen LogP contribution in [0.1, 0.15) is 38.1 Å². The number of nitrogens with one attached hydrogen (secondary N) is 1. The monoisotopic (exact) mass is 321 g/mol. The minimum atomic E-state index is -0.986. The summed E-state index contributed by atoms with van der Waals surface area (Å²) in [5.74, 6) is -0.374. The van der Waals surface area contributed by atoms with Gasteiger partial charge >= 0.3 is 5.97 Å². The van der Waals surface area contributed by atoms with Crippen molar-refractivity contribution >= 4 is 23.6 Å². The van der Waals surface area contributed by atoms with Crippen LogP contribution in [-0.4, -0.2) is 29.3 Å². The fraction of sp³-hybridized carbons (Fsp3) is 0.412. The summed E-state index contributed by atoms with van der Waals surface area (Å²) in [5, 5.41) is 11.8. The van der Waals surface area contributed by atoms with Gasteiger partial charge in [-0.3, -0.25) is 9.59 Å². The van der Waals surface area contributed by atoms with E-state index in [9.17, 15) is 9.59 Å². The Hall–Kier alpha value is -1.75. The molecule has 1 rings (SSSR count). The van der Waals surface area contributed by atoms with E-state index in [1.807, 2.05) is 32.0 Å². The molecule has 2 N–H and O–H groups in total. The molecule has 0 atom stereocenters. The van der Waals surface area contributed by atoms with Crippen LogP contribution in [-0.2, 0) is 4.79 Å². The number of hydrogen-bond donors (Lipinski definition) is 2. The van der Waals surface area contributed by atoms with E-state index in [1.165, 1.54) is 5.57 Å². The molecule has 4 nitrogen and oxygen atoms in total. The normalized spacial score (nSPS) is 10.9. The number of carboxylic acid groups (broad SMARTS) is 1. The largest absolute Gasteiger partial charge is 0.481 e. The zero-order valence-electron chi connectivity index (χ0n) is 13.5. The Bertz CT molecular complexity index is 575. The highest BCUT2D eigenvalue weighted by molar-refractivity contribution is 7.99. The maximum atomic E-state index is 12.3. The molecular weight excluding hydrogens is 298 g/mol. The molecule has 0 saturated carbocycles. The Morgan fingerprint density at radius 1 is 1.27 bits per heavy atom. The minimum absolute atomic E-state index is 0.0914. The standard InChI is InChI=1S/C17H23NO3S/c1-12(2)9-10-22-14-8-6-5-7-13(14)15(19)18-11-17(3,4)16(20)21/h5-9H,10-11H2,1-4H3,(H,18,19)(H,20,21). The molecule has 0 fully saturated rings. The number of carbonyl (C=O) groups excluding carboxylic acids is 1. The number of hydrogen-bond acceptors (Lipinski definition) is 3. The number of rotatable bonds is 7. The maximum Gasteiger partial charge on any atom is 0.310 e. The van der Waals surface area contributed by atoms with Crippen LogP contribution in [0.2, 0.25) is 0 Å². The van der Waals surface area contributed by atoms with E-state index in [0.29, 0.717) is 5.56 Å². The predicted molar refractivity (Wildman–Crippen MR) is 90.3 cm³/mol. The van der Waals surface area contributed by atoms with Gasteiger partial charge in [-0.05, 0) is 39.8 Å². The summed E-state index contributed by atoms with van der Waals surface area (Å²) in [6.45, 7) is 7.34. The average Bonchev–Trinajstić information content (AvgIpc) is 2.45. The van der Waals surface area contributed by atoms with Gasteiger partial charge in [-0.15, -0.1) is 11.8 Å². The van der Waals surface area contributed by atoms with Gasteiger partial charge < -0.3 is 10.4 Å². The molecule has 0 aliphatic heterocycles. The van der Waals surface area contributed by atoms with Crippen molar-refractivity contribution in [1.82, 2.24) is 5.32 Å². The van der Waals surface area contributed by atoms with E-state index in [2.05, 4.69) is 11.4 Å². The smallest absolute Gasteiger partial charge is 0.310 e. The lowest BCUT2D eigenvalue weighted by atomic mass is 9.94. The van der Waals surface area contributed by atoms with Crippen LogP contribution >= 0.6 is 11.8 Å². The quantitative estimate of drug-likeness (QED) is 0.595. The van der Waals surface area contributed by atoms with Gasteiger partial charge in [0, 0.05) is 17.2 Å². The zero-order chi connectivity index (χ0) is 16.8. The second kappa shape index (κ2) is 8.03. The van der Waals surface area contributed by atoms with Crippen molar-refractivity contribution in [1.29, 1.82) is 0 Å². The van der Waals surface area contributed by atoms with Crippen molar-refractivity contribution in [2.45, 2.75) is 32.6 Å². The molecule has 1 aromatic rings.